The van der Waals surface area contributed by atoms with E-state index < -0.39 is 23.5 Å². The van der Waals surface area contributed by atoms with Crippen LogP contribution in [0.25, 0.3) is 0 Å². The highest BCUT2D eigenvalue weighted by molar-refractivity contribution is 5.83. The van der Waals surface area contributed by atoms with Gasteiger partial charge < -0.3 is 15.7 Å². The van der Waals surface area contributed by atoms with Gasteiger partial charge in [0.15, 0.2) is 0 Å². The summed E-state index contributed by atoms with van der Waals surface area (Å²) in [6.45, 7) is 7.11. The van der Waals surface area contributed by atoms with Crippen LogP contribution in [0.15, 0.2) is 0 Å². The molecular weight excluding hydrogens is 208 g/mol. The smallest absolute Gasteiger partial charge is 0.326 e. The first-order chi connectivity index (χ1) is 7.29. The predicted octanol–water partition coefficient (Wildman–Crippen LogP) is 0.808. The van der Waals surface area contributed by atoms with Crippen molar-refractivity contribution >= 4 is 12.0 Å². The Morgan fingerprint density at radius 3 is 2.31 bits per heavy atom. The number of amides is 2. The average molecular weight is 226 g/mol. The third-order valence-electron chi connectivity index (χ3n) is 1.90. The van der Waals surface area contributed by atoms with E-state index in [-0.39, 0.29) is 6.54 Å². The molecule has 5 heteroatoms. The van der Waals surface area contributed by atoms with Crippen molar-refractivity contribution in [3.63, 3.8) is 0 Å². The lowest BCUT2D eigenvalue weighted by Gasteiger charge is -2.27. The first-order valence-electron chi connectivity index (χ1n) is 4.95. The third kappa shape index (κ3) is 5.25. The second-order valence-corrected chi connectivity index (χ2v) is 4.39. The van der Waals surface area contributed by atoms with Gasteiger partial charge in [-0.05, 0) is 12.3 Å². The van der Waals surface area contributed by atoms with Crippen molar-refractivity contribution in [1.82, 2.24) is 10.6 Å². The lowest BCUT2D eigenvalue weighted by atomic mass is 9.87. The minimum absolute atomic E-state index is 0.207. The van der Waals surface area contributed by atoms with Gasteiger partial charge in [-0.3, -0.25) is 0 Å². The number of carbonyl (C=O) groups excluding carboxylic acids is 1. The molecule has 0 unspecified atom stereocenters. The second-order valence-electron chi connectivity index (χ2n) is 4.39. The van der Waals surface area contributed by atoms with E-state index in [0.29, 0.717) is 0 Å². The number of hydrogen-bond acceptors (Lipinski definition) is 2. The van der Waals surface area contributed by atoms with E-state index >= 15 is 0 Å². The zero-order chi connectivity index (χ0) is 12.8. The van der Waals surface area contributed by atoms with E-state index in [4.69, 9.17) is 5.11 Å². The normalized spacial score (nSPS) is 12.0. The van der Waals surface area contributed by atoms with Gasteiger partial charge in [0, 0.05) is 0 Å². The van der Waals surface area contributed by atoms with Crippen molar-refractivity contribution in [2.24, 2.45) is 5.41 Å². The number of carboxylic acids is 1. The van der Waals surface area contributed by atoms with E-state index in [9.17, 15) is 9.59 Å². The summed E-state index contributed by atoms with van der Waals surface area (Å²) in [4.78, 5) is 22.3. The fraction of sp³-hybridized carbons (Fsp3) is 0.636. The van der Waals surface area contributed by atoms with Crippen LogP contribution in [0.4, 0.5) is 4.79 Å². The van der Waals surface area contributed by atoms with Gasteiger partial charge >= 0.3 is 12.0 Å². The summed E-state index contributed by atoms with van der Waals surface area (Å²) < 4.78 is 0. The molecule has 0 saturated carbocycles. The van der Waals surface area contributed by atoms with Gasteiger partial charge in [-0.2, -0.15) is 0 Å². The quantitative estimate of drug-likeness (QED) is 0.623. The summed E-state index contributed by atoms with van der Waals surface area (Å²) in [6, 6.07) is -1.45. The van der Waals surface area contributed by atoms with Crippen molar-refractivity contribution in [2.75, 3.05) is 6.54 Å². The molecule has 0 fully saturated rings. The molecule has 5 nitrogen and oxygen atoms in total. The van der Waals surface area contributed by atoms with Crippen LogP contribution in [0.1, 0.15) is 27.7 Å². The van der Waals surface area contributed by atoms with Crippen LogP contribution >= 0.6 is 0 Å². The Hall–Kier alpha value is -1.70. The molecule has 1 atom stereocenters. The fourth-order valence-corrected chi connectivity index (χ4v) is 1.04. The molecule has 2 amide bonds. The van der Waals surface area contributed by atoms with Crippen molar-refractivity contribution in [1.29, 1.82) is 0 Å². The Balaban J connectivity index is 4.35. The van der Waals surface area contributed by atoms with Crippen LogP contribution in [0, 0.1) is 17.3 Å². The molecule has 0 heterocycles. The van der Waals surface area contributed by atoms with Gasteiger partial charge in [0.25, 0.3) is 0 Å². The lowest BCUT2D eigenvalue weighted by molar-refractivity contribution is -0.141. The maximum absolute atomic E-state index is 11.3. The standard InChI is InChI=1S/C11H18N2O3/c1-5-6-7-12-10(16)13-8(9(14)15)11(2,3)4/h8H,7H2,1-4H3,(H,14,15)(H2,12,13,16)/t8-/m0/s1. The Morgan fingerprint density at radius 1 is 1.38 bits per heavy atom. The van der Waals surface area contributed by atoms with Gasteiger partial charge in [-0.15, -0.1) is 5.92 Å². The molecule has 0 spiro atoms. The van der Waals surface area contributed by atoms with Gasteiger partial charge in [0.2, 0.25) is 0 Å². The molecule has 0 aromatic rings. The van der Waals surface area contributed by atoms with Gasteiger partial charge in [0.05, 0.1) is 6.54 Å². The Bertz CT molecular complexity index is 320. The van der Waals surface area contributed by atoms with E-state index in [2.05, 4.69) is 22.5 Å². The van der Waals surface area contributed by atoms with E-state index in [1.54, 1.807) is 27.7 Å². The van der Waals surface area contributed by atoms with Gasteiger partial charge in [-0.1, -0.05) is 26.7 Å². The Kier molecular flexibility index (Phi) is 5.37. The summed E-state index contributed by atoms with van der Waals surface area (Å²) in [5, 5.41) is 13.8. The average Bonchev–Trinajstić information content (AvgIpc) is 2.12. The molecule has 0 aliphatic heterocycles. The molecule has 0 saturated heterocycles. The van der Waals surface area contributed by atoms with Crippen LogP contribution in [-0.2, 0) is 4.79 Å². The van der Waals surface area contributed by atoms with E-state index in [1.807, 2.05) is 0 Å². The Labute approximate surface area is 95.6 Å². The summed E-state index contributed by atoms with van der Waals surface area (Å²) >= 11 is 0. The number of hydrogen-bond donors (Lipinski definition) is 3. The zero-order valence-electron chi connectivity index (χ0n) is 10.0. The van der Waals surface area contributed by atoms with Gasteiger partial charge in [-0.25, -0.2) is 9.59 Å². The van der Waals surface area contributed by atoms with Crippen LogP contribution in [0.2, 0.25) is 0 Å². The van der Waals surface area contributed by atoms with E-state index in [0.717, 1.165) is 0 Å². The summed E-state index contributed by atoms with van der Waals surface area (Å²) in [5.41, 5.74) is -0.542. The molecule has 3 N–H and O–H groups in total. The molecule has 0 rings (SSSR count). The molecule has 0 radical (unpaired) electrons. The minimum atomic E-state index is -1.05. The van der Waals surface area contributed by atoms with Gasteiger partial charge in [0.1, 0.15) is 6.04 Å². The van der Waals surface area contributed by atoms with Crippen molar-refractivity contribution in [2.45, 2.75) is 33.7 Å². The Morgan fingerprint density at radius 2 is 1.94 bits per heavy atom. The van der Waals surface area contributed by atoms with Crippen LogP contribution in [0.3, 0.4) is 0 Å². The SMILES string of the molecule is CC#CCNC(=O)N[C@@H](C(=O)O)C(C)(C)C. The molecule has 0 aromatic carbocycles. The molecule has 0 aliphatic carbocycles. The number of nitrogens with one attached hydrogen (secondary N) is 2. The predicted molar refractivity (Wildman–Crippen MR) is 60.9 cm³/mol. The monoisotopic (exact) mass is 226 g/mol. The highest BCUT2D eigenvalue weighted by Gasteiger charge is 2.32. The topological polar surface area (TPSA) is 78.4 Å². The highest BCUT2D eigenvalue weighted by atomic mass is 16.4. The molecular formula is C11H18N2O3. The van der Waals surface area contributed by atoms with Crippen LogP contribution in [-0.4, -0.2) is 29.7 Å². The minimum Gasteiger partial charge on any atom is -0.480 e. The van der Waals surface area contributed by atoms with E-state index in [1.165, 1.54) is 0 Å². The molecule has 16 heavy (non-hydrogen) atoms. The summed E-state index contributed by atoms with van der Waals surface area (Å²) in [7, 11) is 0. The fourth-order valence-electron chi connectivity index (χ4n) is 1.04. The zero-order valence-corrected chi connectivity index (χ0v) is 10.0. The van der Waals surface area contributed by atoms with Crippen LogP contribution in [0.5, 0.6) is 0 Å². The first kappa shape index (κ1) is 14.3. The molecule has 90 valence electrons. The largest absolute Gasteiger partial charge is 0.480 e. The molecule has 0 bridgehead atoms. The molecule has 0 aliphatic rings. The van der Waals surface area contributed by atoms with Crippen molar-refractivity contribution in [3.8, 4) is 11.8 Å². The number of carbonyl (C=O) groups is 2. The summed E-state index contributed by atoms with van der Waals surface area (Å²) in [5.74, 6) is 4.22. The summed E-state index contributed by atoms with van der Waals surface area (Å²) in [6.07, 6.45) is 0. The second kappa shape index (κ2) is 6.01. The number of aliphatic carboxylic acids is 1. The maximum atomic E-state index is 11.3. The lowest BCUT2D eigenvalue weighted by Crippen LogP contribution is -2.52. The number of urea groups is 1. The first-order valence-corrected chi connectivity index (χ1v) is 4.95. The molecule has 0 aromatic heterocycles. The van der Waals surface area contributed by atoms with Crippen LogP contribution < -0.4 is 10.6 Å². The maximum Gasteiger partial charge on any atom is 0.326 e. The van der Waals surface area contributed by atoms with Crippen molar-refractivity contribution < 1.29 is 14.7 Å². The number of rotatable bonds is 3. The highest BCUT2D eigenvalue weighted by Crippen LogP contribution is 2.19. The number of carboxylic acid groups (broad SMARTS) is 1. The third-order valence-corrected chi connectivity index (χ3v) is 1.90. The van der Waals surface area contributed by atoms with Crippen molar-refractivity contribution in [3.05, 3.63) is 0 Å².